The van der Waals surface area contributed by atoms with E-state index in [0.29, 0.717) is 11.3 Å². The van der Waals surface area contributed by atoms with Crippen molar-refractivity contribution in [2.24, 2.45) is 0 Å². The highest BCUT2D eigenvalue weighted by molar-refractivity contribution is 5.75. The second-order valence-electron chi connectivity index (χ2n) is 4.63. The summed E-state index contributed by atoms with van der Waals surface area (Å²) < 4.78 is 4.69. The van der Waals surface area contributed by atoms with E-state index >= 15 is 0 Å². The molecule has 2 aromatic carbocycles. The molecular weight excluding hydrogens is 282 g/mol. The van der Waals surface area contributed by atoms with Crippen molar-refractivity contribution in [2.45, 2.75) is 6.42 Å². The lowest BCUT2D eigenvalue weighted by Crippen LogP contribution is -2.05. The summed E-state index contributed by atoms with van der Waals surface area (Å²) in [6.45, 7) is 3.34. The predicted molar refractivity (Wildman–Crippen MR) is 80.5 cm³/mol. The molecule has 6 heteroatoms. The van der Waals surface area contributed by atoms with Gasteiger partial charge in [-0.1, -0.05) is 24.8 Å². The molecule has 0 aliphatic carbocycles. The third-order valence-electron chi connectivity index (χ3n) is 3.11. The van der Waals surface area contributed by atoms with Crippen LogP contribution >= 0.6 is 0 Å². The molecule has 0 spiro atoms. The number of ether oxygens (including phenoxy) is 1. The molecule has 0 aliphatic heterocycles. The molecule has 0 atom stereocenters. The Kier molecular flexibility index (Phi) is 3.57. The van der Waals surface area contributed by atoms with Gasteiger partial charge >= 0.3 is 5.97 Å². The smallest absolute Gasteiger partial charge is 0.315 e. The van der Waals surface area contributed by atoms with Crippen LogP contribution in [-0.2, 0) is 16.0 Å². The Morgan fingerprint density at radius 2 is 1.91 bits per heavy atom. The molecular formula is C16H13N3O3. The van der Waals surface area contributed by atoms with Gasteiger partial charge in [0.25, 0.3) is 0 Å². The van der Waals surface area contributed by atoms with Crippen molar-refractivity contribution in [1.29, 1.82) is 0 Å². The van der Waals surface area contributed by atoms with Crippen LogP contribution in [-0.4, -0.2) is 26.1 Å². The molecule has 0 amide bonds. The summed E-state index contributed by atoms with van der Waals surface area (Å²) in [6, 6.07) is 12.2. The number of benzene rings is 2. The summed E-state index contributed by atoms with van der Waals surface area (Å²) in [5, 5.41) is 18.6. The lowest BCUT2D eigenvalue weighted by atomic mass is 10.1. The minimum absolute atomic E-state index is 0.0288. The van der Waals surface area contributed by atoms with Gasteiger partial charge in [-0.25, -0.2) is 0 Å². The number of fused-ring (bicyclic) bond motifs is 1. The van der Waals surface area contributed by atoms with Crippen molar-refractivity contribution in [1.82, 2.24) is 15.0 Å². The van der Waals surface area contributed by atoms with Gasteiger partial charge in [0.05, 0.1) is 12.7 Å². The zero-order valence-electron chi connectivity index (χ0n) is 11.6. The average Bonchev–Trinajstić information content (AvgIpc) is 2.93. The number of nitrogens with zero attached hydrogens (tertiary/aromatic N) is 3. The molecule has 1 heterocycles. The second kappa shape index (κ2) is 5.69. The lowest BCUT2D eigenvalue weighted by molar-refractivity contribution is -0.137. The van der Waals surface area contributed by atoms with Gasteiger partial charge in [0, 0.05) is 0 Å². The second-order valence-corrected chi connectivity index (χ2v) is 4.63. The van der Waals surface area contributed by atoms with Crippen LogP contribution in [0.15, 0.2) is 55.3 Å². The first-order valence-electron chi connectivity index (χ1n) is 6.62. The van der Waals surface area contributed by atoms with Crippen molar-refractivity contribution in [3.63, 3.8) is 0 Å². The third-order valence-corrected chi connectivity index (χ3v) is 3.11. The quantitative estimate of drug-likeness (QED) is 0.590. The molecule has 110 valence electrons. The lowest BCUT2D eigenvalue weighted by Gasteiger charge is -2.06. The minimum atomic E-state index is -0.426. The van der Waals surface area contributed by atoms with Crippen LogP contribution in [0.3, 0.4) is 0 Å². The van der Waals surface area contributed by atoms with Gasteiger partial charge in [0.2, 0.25) is 0 Å². The fourth-order valence-electron chi connectivity index (χ4n) is 2.11. The maximum Gasteiger partial charge on any atom is 0.315 e. The number of phenolic OH excluding ortho intramolecular Hbond substituents is 1. The fraction of sp³-hybridized carbons (Fsp3) is 0.0625. The number of rotatable bonds is 4. The van der Waals surface area contributed by atoms with E-state index in [4.69, 9.17) is 4.74 Å². The molecule has 0 aliphatic rings. The number of hydrogen-bond acceptors (Lipinski definition) is 5. The molecule has 22 heavy (non-hydrogen) atoms. The van der Waals surface area contributed by atoms with Gasteiger partial charge in [-0.05, 0) is 29.8 Å². The van der Waals surface area contributed by atoms with Crippen LogP contribution in [0, 0.1) is 0 Å². The summed E-state index contributed by atoms with van der Waals surface area (Å²) in [4.78, 5) is 12.8. The van der Waals surface area contributed by atoms with Gasteiger partial charge in [-0.3, -0.25) is 4.79 Å². The average molecular weight is 295 g/mol. The van der Waals surface area contributed by atoms with E-state index in [1.807, 2.05) is 24.3 Å². The number of carbonyl (C=O) groups excluding carboxylic acids is 1. The van der Waals surface area contributed by atoms with E-state index < -0.39 is 5.97 Å². The zero-order chi connectivity index (χ0) is 15.5. The minimum Gasteiger partial charge on any atom is -0.506 e. The molecule has 6 nitrogen and oxygen atoms in total. The first-order valence-corrected chi connectivity index (χ1v) is 6.62. The molecule has 1 N–H and O–H groups in total. The normalized spacial score (nSPS) is 10.5. The Morgan fingerprint density at radius 1 is 1.23 bits per heavy atom. The monoisotopic (exact) mass is 295 g/mol. The van der Waals surface area contributed by atoms with Crippen LogP contribution in [0.2, 0.25) is 0 Å². The van der Waals surface area contributed by atoms with Crippen molar-refractivity contribution < 1.29 is 14.6 Å². The van der Waals surface area contributed by atoms with Crippen molar-refractivity contribution >= 4 is 17.0 Å². The van der Waals surface area contributed by atoms with Crippen LogP contribution in [0.5, 0.6) is 5.75 Å². The summed E-state index contributed by atoms with van der Waals surface area (Å²) in [7, 11) is 0. The maximum absolute atomic E-state index is 11.5. The summed E-state index contributed by atoms with van der Waals surface area (Å²) in [6.07, 6.45) is 1.16. The maximum atomic E-state index is 11.5. The van der Waals surface area contributed by atoms with E-state index in [1.54, 1.807) is 12.1 Å². The molecule has 3 aromatic rings. The SMILES string of the molecule is C=COC(=O)Cc1ccc(O)c(-n2nc3ccccc3n2)c1. The van der Waals surface area contributed by atoms with Gasteiger partial charge < -0.3 is 9.84 Å². The Balaban J connectivity index is 1.98. The van der Waals surface area contributed by atoms with Gasteiger partial charge in [-0.2, -0.15) is 0 Å². The van der Waals surface area contributed by atoms with Gasteiger partial charge in [0.15, 0.2) is 0 Å². The van der Waals surface area contributed by atoms with Crippen molar-refractivity contribution in [3.05, 3.63) is 60.9 Å². The Bertz CT molecular complexity index is 822. The van der Waals surface area contributed by atoms with E-state index in [9.17, 15) is 9.90 Å². The Labute approximate surface area is 126 Å². The topological polar surface area (TPSA) is 77.2 Å². The van der Waals surface area contributed by atoms with E-state index in [-0.39, 0.29) is 12.2 Å². The molecule has 3 rings (SSSR count). The van der Waals surface area contributed by atoms with Crippen molar-refractivity contribution in [2.75, 3.05) is 0 Å². The van der Waals surface area contributed by atoms with Crippen LogP contribution in [0.1, 0.15) is 5.56 Å². The van der Waals surface area contributed by atoms with Gasteiger partial charge in [-0.15, -0.1) is 15.0 Å². The highest BCUT2D eigenvalue weighted by Crippen LogP contribution is 2.23. The number of phenols is 1. The van der Waals surface area contributed by atoms with Crippen LogP contribution in [0.25, 0.3) is 16.7 Å². The van der Waals surface area contributed by atoms with Crippen LogP contribution < -0.4 is 0 Å². The Morgan fingerprint density at radius 3 is 2.55 bits per heavy atom. The number of hydrogen-bond donors (Lipinski definition) is 1. The zero-order valence-corrected chi connectivity index (χ0v) is 11.6. The first-order chi connectivity index (χ1) is 10.7. The largest absolute Gasteiger partial charge is 0.506 e. The predicted octanol–water partition coefficient (Wildman–Crippen LogP) is 2.36. The highest BCUT2D eigenvalue weighted by atomic mass is 16.5. The number of esters is 1. The molecule has 0 unspecified atom stereocenters. The first kappa shape index (κ1) is 13.8. The summed E-state index contributed by atoms with van der Waals surface area (Å²) >= 11 is 0. The standard InChI is InChI=1S/C16H13N3O3/c1-2-22-16(21)10-11-7-8-15(20)14(9-11)19-17-12-5-3-4-6-13(12)18-19/h2-9,20H,1,10H2. The highest BCUT2D eigenvalue weighted by Gasteiger charge is 2.11. The third kappa shape index (κ3) is 2.67. The van der Waals surface area contributed by atoms with E-state index in [0.717, 1.165) is 17.3 Å². The molecule has 0 radical (unpaired) electrons. The number of aromatic hydroxyl groups is 1. The van der Waals surface area contributed by atoms with Gasteiger partial charge in [0.1, 0.15) is 22.5 Å². The molecule has 0 bridgehead atoms. The molecule has 0 saturated heterocycles. The molecule has 0 fully saturated rings. The summed E-state index contributed by atoms with van der Waals surface area (Å²) in [5.41, 5.74) is 2.53. The number of aromatic nitrogens is 3. The van der Waals surface area contributed by atoms with E-state index in [2.05, 4.69) is 16.8 Å². The summed E-state index contributed by atoms with van der Waals surface area (Å²) in [5.74, 6) is -0.397. The van der Waals surface area contributed by atoms with E-state index in [1.165, 1.54) is 10.9 Å². The van der Waals surface area contributed by atoms with Crippen LogP contribution in [0.4, 0.5) is 0 Å². The number of carbonyl (C=O) groups is 1. The molecule has 0 saturated carbocycles. The molecule has 1 aromatic heterocycles. The van der Waals surface area contributed by atoms with Crippen molar-refractivity contribution in [3.8, 4) is 11.4 Å². The Hall–Kier alpha value is -3.15. The fourth-order valence-corrected chi connectivity index (χ4v) is 2.11.